The first-order valence-corrected chi connectivity index (χ1v) is 6.79. The van der Waals surface area contributed by atoms with Gasteiger partial charge in [-0.15, -0.1) is 0 Å². The van der Waals surface area contributed by atoms with Crippen molar-refractivity contribution in [2.24, 2.45) is 0 Å². The SMILES string of the molecule is CC(C)Oc1cccc(NC(=O)c2ccccc2[N+](=O)[O-])c1. The van der Waals surface area contributed by atoms with Gasteiger partial charge in [0.1, 0.15) is 11.3 Å². The van der Waals surface area contributed by atoms with Gasteiger partial charge in [-0.25, -0.2) is 0 Å². The molecule has 6 nitrogen and oxygen atoms in total. The molecule has 0 aromatic heterocycles. The minimum Gasteiger partial charge on any atom is -0.491 e. The third-order valence-corrected chi connectivity index (χ3v) is 2.81. The number of ether oxygens (including phenoxy) is 1. The summed E-state index contributed by atoms with van der Waals surface area (Å²) in [5, 5.41) is 13.6. The monoisotopic (exact) mass is 300 g/mol. The number of nitro benzene ring substituents is 1. The number of carbonyl (C=O) groups is 1. The highest BCUT2D eigenvalue weighted by Crippen LogP contribution is 2.22. The Bertz CT molecular complexity index is 698. The Labute approximate surface area is 127 Å². The molecular weight excluding hydrogens is 284 g/mol. The second-order valence-corrected chi connectivity index (χ2v) is 4.92. The fraction of sp³-hybridized carbons (Fsp3) is 0.188. The van der Waals surface area contributed by atoms with Crippen LogP contribution in [0.2, 0.25) is 0 Å². The Kier molecular flexibility index (Phi) is 4.73. The first kappa shape index (κ1) is 15.5. The fourth-order valence-corrected chi connectivity index (χ4v) is 1.94. The number of benzene rings is 2. The largest absolute Gasteiger partial charge is 0.491 e. The number of carbonyl (C=O) groups excluding carboxylic acids is 1. The Hall–Kier alpha value is -2.89. The summed E-state index contributed by atoms with van der Waals surface area (Å²) in [6, 6.07) is 12.7. The lowest BCUT2D eigenvalue weighted by atomic mass is 10.1. The van der Waals surface area contributed by atoms with Crippen LogP contribution >= 0.6 is 0 Å². The van der Waals surface area contributed by atoms with Gasteiger partial charge in [0.2, 0.25) is 0 Å². The van der Waals surface area contributed by atoms with Crippen LogP contribution in [-0.2, 0) is 0 Å². The lowest BCUT2D eigenvalue weighted by Gasteiger charge is -2.11. The highest BCUT2D eigenvalue weighted by Gasteiger charge is 2.19. The molecular formula is C16H16N2O4. The molecule has 0 unspecified atom stereocenters. The molecule has 0 atom stereocenters. The van der Waals surface area contributed by atoms with Crippen molar-refractivity contribution in [3.63, 3.8) is 0 Å². The summed E-state index contributed by atoms with van der Waals surface area (Å²) < 4.78 is 5.54. The second kappa shape index (κ2) is 6.71. The quantitative estimate of drug-likeness (QED) is 0.675. The van der Waals surface area contributed by atoms with Gasteiger partial charge >= 0.3 is 0 Å². The summed E-state index contributed by atoms with van der Waals surface area (Å²) in [7, 11) is 0. The summed E-state index contributed by atoms with van der Waals surface area (Å²) in [5.74, 6) is 0.0874. The first-order chi connectivity index (χ1) is 10.5. The summed E-state index contributed by atoms with van der Waals surface area (Å²) in [6.07, 6.45) is 0.0150. The van der Waals surface area contributed by atoms with Crippen molar-refractivity contribution in [1.82, 2.24) is 0 Å². The predicted molar refractivity (Wildman–Crippen MR) is 83.3 cm³/mol. The van der Waals surface area contributed by atoms with Gasteiger partial charge in [-0.3, -0.25) is 14.9 Å². The number of nitro groups is 1. The zero-order valence-electron chi connectivity index (χ0n) is 12.3. The van der Waals surface area contributed by atoms with Gasteiger partial charge in [-0.2, -0.15) is 0 Å². The van der Waals surface area contributed by atoms with E-state index in [1.807, 2.05) is 13.8 Å². The van der Waals surface area contributed by atoms with Crippen LogP contribution in [0.4, 0.5) is 11.4 Å². The molecule has 0 bridgehead atoms. The average molecular weight is 300 g/mol. The number of amides is 1. The van der Waals surface area contributed by atoms with Crippen LogP contribution in [0.15, 0.2) is 48.5 Å². The van der Waals surface area contributed by atoms with Gasteiger partial charge < -0.3 is 10.1 Å². The van der Waals surface area contributed by atoms with Gasteiger partial charge in [-0.05, 0) is 32.0 Å². The highest BCUT2D eigenvalue weighted by molar-refractivity contribution is 6.07. The van der Waals surface area contributed by atoms with Crippen LogP contribution in [0.5, 0.6) is 5.75 Å². The van der Waals surface area contributed by atoms with Crippen LogP contribution in [0, 0.1) is 10.1 Å². The lowest BCUT2D eigenvalue weighted by Crippen LogP contribution is -2.14. The van der Waals surface area contributed by atoms with Gasteiger partial charge in [0.05, 0.1) is 11.0 Å². The van der Waals surface area contributed by atoms with E-state index in [0.717, 1.165) is 0 Å². The fourth-order valence-electron chi connectivity index (χ4n) is 1.94. The maximum absolute atomic E-state index is 12.2. The maximum Gasteiger partial charge on any atom is 0.282 e. The smallest absolute Gasteiger partial charge is 0.282 e. The lowest BCUT2D eigenvalue weighted by molar-refractivity contribution is -0.385. The third-order valence-electron chi connectivity index (χ3n) is 2.81. The van der Waals surface area contributed by atoms with E-state index >= 15 is 0 Å². The molecule has 2 aromatic carbocycles. The van der Waals surface area contributed by atoms with E-state index in [2.05, 4.69) is 5.32 Å². The summed E-state index contributed by atoms with van der Waals surface area (Å²) in [5.41, 5.74) is 0.304. The van der Waals surface area contributed by atoms with E-state index in [-0.39, 0.29) is 17.4 Å². The zero-order valence-corrected chi connectivity index (χ0v) is 12.3. The van der Waals surface area contributed by atoms with Crippen LogP contribution in [0.1, 0.15) is 24.2 Å². The summed E-state index contributed by atoms with van der Waals surface area (Å²) >= 11 is 0. The predicted octanol–water partition coefficient (Wildman–Crippen LogP) is 3.63. The molecule has 0 aliphatic rings. The number of nitrogens with zero attached hydrogens (tertiary/aromatic N) is 1. The number of para-hydroxylation sites is 1. The molecule has 0 heterocycles. The molecule has 22 heavy (non-hydrogen) atoms. The van der Waals surface area contributed by atoms with Crippen molar-refractivity contribution < 1.29 is 14.5 Å². The van der Waals surface area contributed by atoms with Crippen LogP contribution in [0.3, 0.4) is 0 Å². The molecule has 2 aromatic rings. The molecule has 0 saturated carbocycles. The van der Waals surface area contributed by atoms with Crippen LogP contribution in [-0.4, -0.2) is 16.9 Å². The van der Waals surface area contributed by atoms with Crippen molar-refractivity contribution in [3.05, 3.63) is 64.2 Å². The second-order valence-electron chi connectivity index (χ2n) is 4.92. The Balaban J connectivity index is 2.21. The minimum atomic E-state index is -0.576. The normalized spacial score (nSPS) is 10.3. The molecule has 0 aliphatic carbocycles. The molecule has 114 valence electrons. The third kappa shape index (κ3) is 3.82. The number of rotatable bonds is 5. The van der Waals surface area contributed by atoms with Gasteiger partial charge in [0.25, 0.3) is 11.6 Å². The van der Waals surface area contributed by atoms with Gasteiger partial charge in [0, 0.05) is 17.8 Å². The van der Waals surface area contributed by atoms with Crippen LogP contribution in [0.25, 0.3) is 0 Å². The van der Waals surface area contributed by atoms with E-state index in [9.17, 15) is 14.9 Å². The number of anilines is 1. The van der Waals surface area contributed by atoms with Gasteiger partial charge in [-0.1, -0.05) is 18.2 Å². The first-order valence-electron chi connectivity index (χ1n) is 6.79. The number of nitrogens with one attached hydrogen (secondary N) is 1. The highest BCUT2D eigenvalue weighted by atomic mass is 16.6. The van der Waals surface area contributed by atoms with E-state index in [0.29, 0.717) is 11.4 Å². The molecule has 0 radical (unpaired) electrons. The molecule has 2 rings (SSSR count). The van der Waals surface area contributed by atoms with Crippen molar-refractivity contribution in [1.29, 1.82) is 0 Å². The van der Waals surface area contributed by atoms with E-state index in [1.165, 1.54) is 18.2 Å². The molecule has 6 heteroatoms. The van der Waals surface area contributed by atoms with E-state index < -0.39 is 10.8 Å². The summed E-state index contributed by atoms with van der Waals surface area (Å²) in [4.78, 5) is 22.6. The summed E-state index contributed by atoms with van der Waals surface area (Å²) in [6.45, 7) is 3.80. The van der Waals surface area contributed by atoms with Crippen molar-refractivity contribution in [3.8, 4) is 5.75 Å². The average Bonchev–Trinajstić information content (AvgIpc) is 2.46. The standard InChI is InChI=1S/C16H16N2O4/c1-11(2)22-13-7-5-6-12(10-13)17-16(19)14-8-3-4-9-15(14)18(20)21/h3-11H,1-2H3,(H,17,19). The van der Waals surface area contributed by atoms with Crippen LogP contribution < -0.4 is 10.1 Å². The van der Waals surface area contributed by atoms with Gasteiger partial charge in [0.15, 0.2) is 0 Å². The zero-order chi connectivity index (χ0) is 16.1. The molecule has 1 amide bonds. The topological polar surface area (TPSA) is 81.5 Å². The molecule has 1 N–H and O–H groups in total. The molecule has 0 spiro atoms. The Morgan fingerprint density at radius 2 is 1.91 bits per heavy atom. The van der Waals surface area contributed by atoms with Crippen molar-refractivity contribution in [2.75, 3.05) is 5.32 Å². The number of hydrogen-bond donors (Lipinski definition) is 1. The Morgan fingerprint density at radius 3 is 2.59 bits per heavy atom. The maximum atomic E-state index is 12.2. The minimum absolute atomic E-state index is 0.0150. The Morgan fingerprint density at radius 1 is 1.18 bits per heavy atom. The molecule has 0 aliphatic heterocycles. The number of hydrogen-bond acceptors (Lipinski definition) is 4. The molecule has 0 saturated heterocycles. The van der Waals surface area contributed by atoms with Crippen molar-refractivity contribution in [2.45, 2.75) is 20.0 Å². The van der Waals surface area contributed by atoms with E-state index in [4.69, 9.17) is 4.74 Å². The molecule has 0 fully saturated rings. The van der Waals surface area contributed by atoms with E-state index in [1.54, 1.807) is 30.3 Å². The van der Waals surface area contributed by atoms with Crippen molar-refractivity contribution >= 4 is 17.3 Å².